The van der Waals surface area contributed by atoms with Gasteiger partial charge < -0.3 is 4.74 Å². The first-order valence-corrected chi connectivity index (χ1v) is 5.77. The van der Waals surface area contributed by atoms with Gasteiger partial charge in [0.25, 0.3) is 0 Å². The summed E-state index contributed by atoms with van der Waals surface area (Å²) in [6.45, 7) is 3.23. The van der Waals surface area contributed by atoms with Gasteiger partial charge in [0, 0.05) is 12.1 Å². The van der Waals surface area contributed by atoms with Crippen LogP contribution >= 0.6 is 11.6 Å². The Hall–Kier alpha value is -0.610. The van der Waals surface area contributed by atoms with Gasteiger partial charge in [0.05, 0.1) is 19.3 Å². The third-order valence-electron chi connectivity index (χ3n) is 2.30. The fraction of sp³-hybridized carbons (Fsp3) is 0.500. The highest BCUT2D eigenvalue weighted by atomic mass is 35.5. The Labute approximate surface area is 102 Å². The first-order valence-electron chi connectivity index (χ1n) is 5.39. The maximum absolute atomic E-state index is 5.84. The molecule has 0 aliphatic rings. The third-order valence-corrected chi connectivity index (χ3v) is 2.55. The first-order chi connectivity index (χ1) is 7.77. The van der Waals surface area contributed by atoms with Gasteiger partial charge in [-0.25, -0.2) is 0 Å². The van der Waals surface area contributed by atoms with Gasteiger partial charge in [-0.2, -0.15) is 5.48 Å². The molecule has 1 aromatic carbocycles. The molecule has 4 heteroatoms. The lowest BCUT2D eigenvalue weighted by molar-refractivity contribution is -0.0131. The van der Waals surface area contributed by atoms with E-state index in [1.807, 2.05) is 24.3 Å². The van der Waals surface area contributed by atoms with Crippen LogP contribution in [0.5, 0.6) is 0 Å². The summed E-state index contributed by atoms with van der Waals surface area (Å²) in [5.41, 5.74) is 4.19. The molecule has 1 rings (SSSR count). The number of hydroxylamine groups is 1. The number of benzene rings is 1. The number of methoxy groups -OCH3 is 1. The second-order valence-corrected chi connectivity index (χ2v) is 3.91. The van der Waals surface area contributed by atoms with Gasteiger partial charge >= 0.3 is 0 Å². The smallest absolute Gasteiger partial charge is 0.0916 e. The van der Waals surface area contributed by atoms with Crippen LogP contribution in [0.3, 0.4) is 0 Å². The van der Waals surface area contributed by atoms with E-state index in [0.717, 1.165) is 11.4 Å². The van der Waals surface area contributed by atoms with Crippen LogP contribution in [0.15, 0.2) is 24.3 Å². The van der Waals surface area contributed by atoms with E-state index in [0.29, 0.717) is 13.2 Å². The van der Waals surface area contributed by atoms with Gasteiger partial charge in [-0.15, -0.1) is 0 Å². The van der Waals surface area contributed by atoms with E-state index < -0.39 is 0 Å². The van der Waals surface area contributed by atoms with Gasteiger partial charge in [0.1, 0.15) is 0 Å². The summed E-state index contributed by atoms with van der Waals surface area (Å²) in [5.74, 6) is 0. The molecule has 0 amide bonds. The van der Waals surface area contributed by atoms with E-state index in [-0.39, 0.29) is 6.04 Å². The molecule has 0 saturated carbocycles. The molecule has 0 aliphatic carbocycles. The summed E-state index contributed by atoms with van der Waals surface area (Å²) in [6.07, 6.45) is 0.953. The van der Waals surface area contributed by atoms with Gasteiger partial charge in [-0.1, -0.05) is 30.7 Å². The predicted octanol–water partition coefficient (Wildman–Crippen LogP) is 2.96. The number of nitrogens with one attached hydrogen (secondary N) is 1. The molecular weight excluding hydrogens is 226 g/mol. The number of rotatable bonds is 7. The molecule has 90 valence electrons. The molecule has 0 spiro atoms. The average Bonchev–Trinajstić information content (AvgIpc) is 2.31. The van der Waals surface area contributed by atoms with Crippen LogP contribution in [-0.2, 0) is 9.57 Å². The minimum absolute atomic E-state index is 0.189. The number of halogens is 1. The zero-order valence-electron chi connectivity index (χ0n) is 9.70. The normalized spacial score (nSPS) is 12.7. The van der Waals surface area contributed by atoms with Crippen molar-refractivity contribution in [3.05, 3.63) is 34.9 Å². The minimum Gasteiger partial charge on any atom is -0.382 e. The second-order valence-electron chi connectivity index (χ2n) is 3.47. The second kappa shape index (κ2) is 7.63. The molecular formula is C12H18ClNO2. The highest BCUT2D eigenvalue weighted by molar-refractivity contribution is 6.30. The third kappa shape index (κ3) is 4.49. The van der Waals surface area contributed by atoms with Gasteiger partial charge in [0.2, 0.25) is 0 Å². The quantitative estimate of drug-likeness (QED) is 0.590. The Morgan fingerprint density at radius 2 is 1.94 bits per heavy atom. The van der Waals surface area contributed by atoms with E-state index >= 15 is 0 Å². The highest BCUT2D eigenvalue weighted by Crippen LogP contribution is 2.18. The van der Waals surface area contributed by atoms with E-state index in [2.05, 4.69) is 12.4 Å². The summed E-state index contributed by atoms with van der Waals surface area (Å²) < 4.78 is 4.90. The van der Waals surface area contributed by atoms with Crippen LogP contribution in [0.4, 0.5) is 0 Å². The molecule has 3 nitrogen and oxygen atoms in total. The van der Waals surface area contributed by atoms with Gasteiger partial charge in [-0.05, 0) is 24.1 Å². The SMILES string of the molecule is CCC(NOCCOC)c1ccc(Cl)cc1. The van der Waals surface area contributed by atoms with Crippen LogP contribution in [0.25, 0.3) is 0 Å². The lowest BCUT2D eigenvalue weighted by Gasteiger charge is -2.17. The van der Waals surface area contributed by atoms with Crippen LogP contribution in [-0.4, -0.2) is 20.3 Å². The number of ether oxygens (including phenoxy) is 1. The highest BCUT2D eigenvalue weighted by Gasteiger charge is 2.08. The van der Waals surface area contributed by atoms with Crippen molar-refractivity contribution in [2.45, 2.75) is 19.4 Å². The van der Waals surface area contributed by atoms with Gasteiger partial charge in [0.15, 0.2) is 0 Å². The standard InChI is InChI=1S/C12H18ClNO2/c1-3-12(14-16-9-8-15-2)10-4-6-11(13)7-5-10/h4-7,12,14H,3,8-9H2,1-2H3. The molecule has 0 bridgehead atoms. The average molecular weight is 244 g/mol. The molecule has 0 aliphatic heterocycles. The lowest BCUT2D eigenvalue weighted by atomic mass is 10.1. The summed E-state index contributed by atoms with van der Waals surface area (Å²) in [7, 11) is 1.65. The molecule has 1 atom stereocenters. The minimum atomic E-state index is 0.189. The monoisotopic (exact) mass is 243 g/mol. The maximum Gasteiger partial charge on any atom is 0.0916 e. The summed E-state index contributed by atoms with van der Waals surface area (Å²) in [6, 6.07) is 7.97. The lowest BCUT2D eigenvalue weighted by Crippen LogP contribution is -2.23. The zero-order chi connectivity index (χ0) is 11.8. The zero-order valence-corrected chi connectivity index (χ0v) is 10.5. The predicted molar refractivity (Wildman–Crippen MR) is 65.4 cm³/mol. The van der Waals surface area contributed by atoms with E-state index in [9.17, 15) is 0 Å². The van der Waals surface area contributed by atoms with Crippen LogP contribution in [0, 0.1) is 0 Å². The molecule has 0 heterocycles. The molecule has 0 radical (unpaired) electrons. The van der Waals surface area contributed by atoms with E-state index in [1.165, 1.54) is 5.56 Å². The summed E-state index contributed by atoms with van der Waals surface area (Å²) in [4.78, 5) is 5.30. The molecule has 1 aromatic rings. The van der Waals surface area contributed by atoms with Crippen molar-refractivity contribution in [2.24, 2.45) is 0 Å². The first kappa shape index (κ1) is 13.5. The van der Waals surface area contributed by atoms with Crippen molar-refractivity contribution >= 4 is 11.6 Å². The molecule has 1 unspecified atom stereocenters. The Balaban J connectivity index is 2.44. The van der Waals surface area contributed by atoms with E-state index in [1.54, 1.807) is 7.11 Å². The van der Waals surface area contributed by atoms with Crippen LogP contribution in [0.2, 0.25) is 5.02 Å². The van der Waals surface area contributed by atoms with Crippen molar-refractivity contribution in [1.29, 1.82) is 0 Å². The summed E-state index contributed by atoms with van der Waals surface area (Å²) in [5, 5.41) is 0.749. The molecule has 16 heavy (non-hydrogen) atoms. The topological polar surface area (TPSA) is 30.5 Å². The molecule has 0 aromatic heterocycles. The number of hydrogen-bond donors (Lipinski definition) is 1. The van der Waals surface area contributed by atoms with Crippen molar-refractivity contribution in [3.63, 3.8) is 0 Å². The van der Waals surface area contributed by atoms with Gasteiger partial charge in [-0.3, -0.25) is 4.84 Å². The fourth-order valence-electron chi connectivity index (χ4n) is 1.37. The molecule has 0 fully saturated rings. The summed E-state index contributed by atoms with van der Waals surface area (Å²) >= 11 is 5.84. The number of hydrogen-bond acceptors (Lipinski definition) is 3. The Kier molecular flexibility index (Phi) is 6.42. The Morgan fingerprint density at radius 1 is 1.25 bits per heavy atom. The van der Waals surface area contributed by atoms with Crippen molar-refractivity contribution in [1.82, 2.24) is 5.48 Å². The van der Waals surface area contributed by atoms with Crippen molar-refractivity contribution < 1.29 is 9.57 Å². The van der Waals surface area contributed by atoms with E-state index in [4.69, 9.17) is 21.2 Å². The van der Waals surface area contributed by atoms with Crippen molar-refractivity contribution in [3.8, 4) is 0 Å². The fourth-order valence-corrected chi connectivity index (χ4v) is 1.49. The molecule has 1 N–H and O–H groups in total. The van der Waals surface area contributed by atoms with Crippen molar-refractivity contribution in [2.75, 3.05) is 20.3 Å². The molecule has 0 saturated heterocycles. The maximum atomic E-state index is 5.84. The van der Waals surface area contributed by atoms with Crippen LogP contribution < -0.4 is 5.48 Å². The Bertz CT molecular complexity index is 290. The Morgan fingerprint density at radius 3 is 2.50 bits per heavy atom. The largest absolute Gasteiger partial charge is 0.382 e. The van der Waals surface area contributed by atoms with Crippen LogP contribution in [0.1, 0.15) is 24.9 Å².